The summed E-state index contributed by atoms with van der Waals surface area (Å²) in [5, 5.41) is 6.26. The molecule has 1 aliphatic heterocycles. The third-order valence-corrected chi connectivity index (χ3v) is 3.47. The van der Waals surface area contributed by atoms with Crippen LogP contribution >= 0.6 is 0 Å². The minimum atomic E-state index is -1.02. The van der Waals surface area contributed by atoms with Crippen molar-refractivity contribution < 1.29 is 33.4 Å². The molecular formula is C17H28N2O7. The third-order valence-electron chi connectivity index (χ3n) is 3.47. The molecule has 1 heterocycles. The number of alkyl carbamates (subject to hydrolysis) is 1. The average molecular weight is 372 g/mol. The van der Waals surface area contributed by atoms with Gasteiger partial charge in [-0.1, -0.05) is 5.16 Å². The number of nitrogens with one attached hydrogen (secondary N) is 1. The van der Waals surface area contributed by atoms with Gasteiger partial charge < -0.3 is 24.4 Å². The number of ether oxygens (including phenoxy) is 3. The standard InChI is InChI=1S/C17H28N2O7/c1-7-23-14(20)12(18-16(22)25-17(4,5)6)9-11-10(3)26-19-13(11)15(21)24-8-2/h10-12H,7-9H2,1-6H3,(H,18,22)/t10-,11+,12+/m0/s1. The van der Waals surface area contributed by atoms with E-state index in [9.17, 15) is 14.4 Å². The van der Waals surface area contributed by atoms with Crippen molar-refractivity contribution in [3.8, 4) is 0 Å². The summed E-state index contributed by atoms with van der Waals surface area (Å²) in [5.74, 6) is -1.76. The zero-order chi connectivity index (χ0) is 19.9. The molecule has 9 nitrogen and oxygen atoms in total. The largest absolute Gasteiger partial charge is 0.464 e. The average Bonchev–Trinajstić information content (AvgIpc) is 2.86. The zero-order valence-electron chi connectivity index (χ0n) is 16.2. The fourth-order valence-corrected chi connectivity index (χ4v) is 2.36. The van der Waals surface area contributed by atoms with Crippen molar-refractivity contribution in [3.63, 3.8) is 0 Å². The number of oxime groups is 1. The molecule has 0 radical (unpaired) electrons. The molecule has 0 spiro atoms. The fraction of sp³-hybridized carbons (Fsp3) is 0.765. The van der Waals surface area contributed by atoms with Crippen molar-refractivity contribution in [2.24, 2.45) is 11.1 Å². The molecule has 1 N–H and O–H groups in total. The quantitative estimate of drug-likeness (QED) is 0.535. The topological polar surface area (TPSA) is 113 Å². The molecule has 9 heteroatoms. The van der Waals surface area contributed by atoms with Crippen LogP contribution in [0.1, 0.15) is 48.0 Å². The van der Waals surface area contributed by atoms with Crippen LogP contribution in [0.15, 0.2) is 5.16 Å². The van der Waals surface area contributed by atoms with E-state index in [1.807, 2.05) is 0 Å². The van der Waals surface area contributed by atoms with Crippen molar-refractivity contribution in [2.75, 3.05) is 13.2 Å². The van der Waals surface area contributed by atoms with Crippen molar-refractivity contribution >= 4 is 23.7 Å². The summed E-state index contributed by atoms with van der Waals surface area (Å²) in [4.78, 5) is 41.5. The van der Waals surface area contributed by atoms with Crippen LogP contribution in [-0.2, 0) is 28.6 Å². The second-order valence-electron chi connectivity index (χ2n) is 6.80. The molecule has 0 unspecified atom stereocenters. The van der Waals surface area contributed by atoms with Crippen molar-refractivity contribution in [3.05, 3.63) is 0 Å². The first-order valence-electron chi connectivity index (χ1n) is 8.66. The normalized spacial score (nSPS) is 20.5. The zero-order valence-corrected chi connectivity index (χ0v) is 16.2. The smallest absolute Gasteiger partial charge is 0.408 e. The Hall–Kier alpha value is -2.32. The lowest BCUT2D eigenvalue weighted by Gasteiger charge is -2.25. The molecule has 0 aromatic heterocycles. The van der Waals surface area contributed by atoms with E-state index in [2.05, 4.69) is 10.5 Å². The van der Waals surface area contributed by atoms with Crippen LogP contribution in [-0.4, -0.2) is 54.7 Å². The van der Waals surface area contributed by atoms with E-state index in [-0.39, 0.29) is 25.3 Å². The highest BCUT2D eigenvalue weighted by atomic mass is 16.6. The summed E-state index contributed by atoms with van der Waals surface area (Å²) < 4.78 is 15.2. The van der Waals surface area contributed by atoms with Crippen LogP contribution < -0.4 is 5.32 Å². The van der Waals surface area contributed by atoms with Crippen LogP contribution in [0, 0.1) is 5.92 Å². The Morgan fingerprint density at radius 1 is 1.19 bits per heavy atom. The van der Waals surface area contributed by atoms with Crippen LogP contribution in [0.5, 0.6) is 0 Å². The van der Waals surface area contributed by atoms with Crippen LogP contribution in [0.2, 0.25) is 0 Å². The van der Waals surface area contributed by atoms with Gasteiger partial charge in [0.25, 0.3) is 0 Å². The second-order valence-corrected chi connectivity index (χ2v) is 6.80. The molecule has 0 bridgehead atoms. The second kappa shape index (κ2) is 9.40. The number of nitrogens with zero attached hydrogens (tertiary/aromatic N) is 1. The molecular weight excluding hydrogens is 344 g/mol. The minimum absolute atomic E-state index is 0.0664. The first-order chi connectivity index (χ1) is 12.1. The Kier molecular flexibility index (Phi) is 7.85. The molecule has 0 aromatic carbocycles. The van der Waals surface area contributed by atoms with Crippen molar-refractivity contribution in [1.29, 1.82) is 0 Å². The molecule has 1 rings (SSSR count). The molecule has 0 saturated carbocycles. The van der Waals surface area contributed by atoms with Gasteiger partial charge in [-0.05, 0) is 48.0 Å². The highest BCUT2D eigenvalue weighted by Crippen LogP contribution is 2.24. The van der Waals surface area contributed by atoms with E-state index in [4.69, 9.17) is 19.0 Å². The van der Waals surface area contributed by atoms with Gasteiger partial charge in [-0.3, -0.25) is 0 Å². The van der Waals surface area contributed by atoms with Crippen molar-refractivity contribution in [1.82, 2.24) is 5.32 Å². The van der Waals surface area contributed by atoms with Gasteiger partial charge in [0.1, 0.15) is 17.7 Å². The van der Waals surface area contributed by atoms with E-state index >= 15 is 0 Å². The Morgan fingerprint density at radius 3 is 2.35 bits per heavy atom. The van der Waals surface area contributed by atoms with Gasteiger partial charge in [0, 0.05) is 0 Å². The van der Waals surface area contributed by atoms with E-state index in [0.717, 1.165) is 0 Å². The van der Waals surface area contributed by atoms with Crippen molar-refractivity contribution in [2.45, 2.75) is 65.7 Å². The monoisotopic (exact) mass is 372 g/mol. The van der Waals surface area contributed by atoms with Crippen LogP contribution in [0.4, 0.5) is 4.79 Å². The highest BCUT2D eigenvalue weighted by molar-refractivity contribution is 6.37. The Labute approximate surface area is 153 Å². The maximum absolute atomic E-state index is 12.3. The highest BCUT2D eigenvalue weighted by Gasteiger charge is 2.40. The number of carbonyl (C=O) groups is 3. The molecule has 0 aliphatic carbocycles. The molecule has 0 aromatic rings. The van der Waals surface area contributed by atoms with E-state index < -0.39 is 41.7 Å². The Morgan fingerprint density at radius 2 is 1.81 bits per heavy atom. The molecule has 1 amide bonds. The molecule has 0 saturated heterocycles. The van der Waals surface area contributed by atoms with E-state index in [1.54, 1.807) is 41.5 Å². The molecule has 148 valence electrons. The fourth-order valence-electron chi connectivity index (χ4n) is 2.36. The third kappa shape index (κ3) is 6.53. The summed E-state index contributed by atoms with van der Waals surface area (Å²) in [6, 6.07) is -1.02. The number of hydrogen-bond acceptors (Lipinski definition) is 8. The Bertz CT molecular complexity index is 554. The predicted molar refractivity (Wildman–Crippen MR) is 92.5 cm³/mol. The number of rotatable bonds is 7. The lowest BCUT2D eigenvalue weighted by molar-refractivity contribution is -0.146. The minimum Gasteiger partial charge on any atom is -0.464 e. The number of carbonyl (C=O) groups excluding carboxylic acids is 3. The molecule has 26 heavy (non-hydrogen) atoms. The lowest BCUT2D eigenvalue weighted by atomic mass is 9.91. The number of hydrogen-bond donors (Lipinski definition) is 1. The van der Waals surface area contributed by atoms with Crippen LogP contribution in [0.25, 0.3) is 0 Å². The SMILES string of the molecule is CCOC(=O)C1=NO[C@@H](C)[C@H]1C[C@@H](NC(=O)OC(C)(C)C)C(=O)OCC. The summed E-state index contributed by atoms with van der Waals surface area (Å²) in [7, 11) is 0. The summed E-state index contributed by atoms with van der Waals surface area (Å²) in [6.07, 6.45) is -1.14. The molecule has 1 aliphatic rings. The van der Waals surface area contributed by atoms with Gasteiger partial charge in [0.05, 0.1) is 19.1 Å². The predicted octanol–water partition coefficient (Wildman–Crippen LogP) is 1.79. The first-order valence-corrected chi connectivity index (χ1v) is 8.66. The molecule has 0 fully saturated rings. The molecule has 3 atom stereocenters. The summed E-state index contributed by atoms with van der Waals surface area (Å²) in [5.41, 5.74) is -0.635. The maximum Gasteiger partial charge on any atom is 0.408 e. The van der Waals surface area contributed by atoms with Crippen LogP contribution in [0.3, 0.4) is 0 Å². The Balaban J connectivity index is 2.90. The number of esters is 2. The van der Waals surface area contributed by atoms with Gasteiger partial charge in [-0.25, -0.2) is 14.4 Å². The first kappa shape index (κ1) is 21.7. The summed E-state index contributed by atoms with van der Waals surface area (Å²) >= 11 is 0. The van der Waals surface area contributed by atoms with E-state index in [1.165, 1.54) is 0 Å². The summed E-state index contributed by atoms with van der Waals surface area (Å²) in [6.45, 7) is 10.5. The van der Waals surface area contributed by atoms with Gasteiger partial charge >= 0.3 is 18.0 Å². The number of amides is 1. The van der Waals surface area contributed by atoms with E-state index in [0.29, 0.717) is 0 Å². The van der Waals surface area contributed by atoms with Gasteiger partial charge in [0.2, 0.25) is 0 Å². The lowest BCUT2D eigenvalue weighted by Crippen LogP contribution is -2.47. The van der Waals surface area contributed by atoms with Gasteiger partial charge in [-0.15, -0.1) is 0 Å². The maximum atomic E-state index is 12.3. The van der Waals surface area contributed by atoms with Gasteiger partial charge in [0.15, 0.2) is 5.71 Å². The van der Waals surface area contributed by atoms with Gasteiger partial charge in [-0.2, -0.15) is 0 Å².